The van der Waals surface area contributed by atoms with E-state index in [4.69, 9.17) is 9.15 Å². The summed E-state index contributed by atoms with van der Waals surface area (Å²) in [7, 11) is 0. The fraction of sp³-hybridized carbons (Fsp3) is 0.471. The minimum Gasteiger partial charge on any atom is -0.464 e. The zero-order valence-electron chi connectivity index (χ0n) is 12.1. The Hall–Kier alpha value is -1.61. The highest BCUT2D eigenvalue weighted by Gasteiger charge is 2.13. The molecule has 0 unspecified atom stereocenters. The van der Waals surface area contributed by atoms with Gasteiger partial charge in [-0.2, -0.15) is 0 Å². The lowest BCUT2D eigenvalue weighted by Gasteiger charge is -2.03. The summed E-state index contributed by atoms with van der Waals surface area (Å²) in [5.74, 6) is -0.0106. The number of rotatable bonds is 9. The molecule has 1 aromatic carbocycles. The van der Waals surface area contributed by atoms with E-state index in [2.05, 4.69) is 6.92 Å². The van der Waals surface area contributed by atoms with Crippen molar-refractivity contribution in [2.45, 2.75) is 39.0 Å². The van der Waals surface area contributed by atoms with Crippen molar-refractivity contribution in [1.82, 2.24) is 0 Å². The fourth-order valence-corrected chi connectivity index (χ4v) is 2.24. The lowest BCUT2D eigenvalue weighted by atomic mass is 10.1. The molecular weight excluding hydrogens is 252 g/mol. The third-order valence-corrected chi connectivity index (χ3v) is 3.41. The predicted octanol–water partition coefficient (Wildman–Crippen LogP) is 4.60. The van der Waals surface area contributed by atoms with Crippen LogP contribution in [0.4, 0.5) is 0 Å². The van der Waals surface area contributed by atoms with E-state index in [1.807, 2.05) is 24.3 Å². The highest BCUT2D eigenvalue weighted by molar-refractivity contribution is 6.07. The summed E-state index contributed by atoms with van der Waals surface area (Å²) in [6.45, 7) is 2.99. The third kappa shape index (κ3) is 3.94. The standard InChI is InChI=1S/C17H22O3/c1-2-3-4-5-8-11-19-13-16(18)15-12-20-17-10-7-6-9-14(15)17/h6-7,9-10,12H,2-5,8,11,13H2,1H3. The molecule has 1 aromatic heterocycles. The lowest BCUT2D eigenvalue weighted by Crippen LogP contribution is -2.09. The van der Waals surface area contributed by atoms with Crippen LogP contribution in [0.5, 0.6) is 0 Å². The summed E-state index contributed by atoms with van der Waals surface area (Å²) in [5, 5.41) is 0.865. The maximum Gasteiger partial charge on any atom is 0.192 e. The van der Waals surface area contributed by atoms with E-state index in [9.17, 15) is 4.79 Å². The molecule has 0 N–H and O–H groups in total. The molecule has 0 fully saturated rings. The molecule has 0 bridgehead atoms. The van der Waals surface area contributed by atoms with E-state index in [1.54, 1.807) is 0 Å². The molecule has 3 heteroatoms. The first-order valence-corrected chi connectivity index (χ1v) is 7.40. The number of carbonyl (C=O) groups excluding carboxylic acids is 1. The second-order valence-electron chi connectivity index (χ2n) is 5.04. The molecule has 0 aliphatic rings. The van der Waals surface area contributed by atoms with Crippen molar-refractivity contribution in [3.05, 3.63) is 36.1 Å². The first kappa shape index (κ1) is 14.8. The number of carbonyl (C=O) groups is 1. The topological polar surface area (TPSA) is 39.4 Å². The van der Waals surface area contributed by atoms with Gasteiger partial charge in [-0.1, -0.05) is 50.8 Å². The Morgan fingerprint density at radius 1 is 1.15 bits per heavy atom. The maximum absolute atomic E-state index is 12.1. The Morgan fingerprint density at radius 3 is 2.80 bits per heavy atom. The van der Waals surface area contributed by atoms with Crippen LogP contribution in [0.1, 0.15) is 49.4 Å². The van der Waals surface area contributed by atoms with Crippen LogP contribution in [0, 0.1) is 0 Å². The van der Waals surface area contributed by atoms with E-state index < -0.39 is 0 Å². The number of para-hydroxylation sites is 1. The average molecular weight is 274 g/mol. The second-order valence-corrected chi connectivity index (χ2v) is 5.04. The highest BCUT2D eigenvalue weighted by atomic mass is 16.5. The van der Waals surface area contributed by atoms with Gasteiger partial charge in [-0.3, -0.25) is 4.79 Å². The van der Waals surface area contributed by atoms with Gasteiger partial charge in [-0.15, -0.1) is 0 Å². The molecule has 0 atom stereocenters. The van der Waals surface area contributed by atoms with Gasteiger partial charge in [-0.25, -0.2) is 0 Å². The molecular formula is C17H22O3. The van der Waals surface area contributed by atoms with Crippen molar-refractivity contribution in [2.24, 2.45) is 0 Å². The van der Waals surface area contributed by atoms with Gasteiger partial charge in [0, 0.05) is 12.0 Å². The molecule has 0 radical (unpaired) electrons. The Labute approximate surface area is 119 Å². The smallest absolute Gasteiger partial charge is 0.192 e. The number of fused-ring (bicyclic) bond motifs is 1. The number of Topliss-reactive ketones (excluding diaryl/α,β-unsaturated/α-hetero) is 1. The van der Waals surface area contributed by atoms with Crippen LogP contribution >= 0.6 is 0 Å². The molecule has 0 spiro atoms. The summed E-state index contributed by atoms with van der Waals surface area (Å²) in [6.07, 6.45) is 7.50. The zero-order valence-corrected chi connectivity index (χ0v) is 12.1. The number of furan rings is 1. The fourth-order valence-electron chi connectivity index (χ4n) is 2.24. The summed E-state index contributed by atoms with van der Waals surface area (Å²) >= 11 is 0. The molecule has 20 heavy (non-hydrogen) atoms. The zero-order chi connectivity index (χ0) is 14.2. The van der Waals surface area contributed by atoms with E-state index in [0.717, 1.165) is 17.4 Å². The maximum atomic E-state index is 12.1. The lowest BCUT2D eigenvalue weighted by molar-refractivity contribution is 0.0753. The molecule has 2 rings (SSSR count). The van der Waals surface area contributed by atoms with Crippen molar-refractivity contribution in [2.75, 3.05) is 13.2 Å². The Bertz CT molecular complexity index is 542. The highest BCUT2D eigenvalue weighted by Crippen LogP contribution is 2.21. The largest absolute Gasteiger partial charge is 0.464 e. The number of benzene rings is 1. The van der Waals surface area contributed by atoms with Crippen molar-refractivity contribution in [3.8, 4) is 0 Å². The quantitative estimate of drug-likeness (QED) is 0.495. The first-order chi connectivity index (χ1) is 9.83. The van der Waals surface area contributed by atoms with Gasteiger partial charge in [0.2, 0.25) is 0 Å². The average Bonchev–Trinajstić information content (AvgIpc) is 2.90. The Morgan fingerprint density at radius 2 is 1.95 bits per heavy atom. The minimum atomic E-state index is -0.0106. The van der Waals surface area contributed by atoms with E-state index >= 15 is 0 Å². The van der Waals surface area contributed by atoms with Crippen LogP contribution in [0.25, 0.3) is 11.0 Å². The van der Waals surface area contributed by atoms with Gasteiger partial charge in [-0.05, 0) is 12.5 Å². The van der Waals surface area contributed by atoms with Gasteiger partial charge < -0.3 is 9.15 Å². The van der Waals surface area contributed by atoms with Crippen molar-refractivity contribution in [1.29, 1.82) is 0 Å². The molecule has 1 heterocycles. The van der Waals surface area contributed by atoms with Crippen LogP contribution in [0.3, 0.4) is 0 Å². The summed E-state index contributed by atoms with van der Waals surface area (Å²) in [6, 6.07) is 7.56. The van der Waals surface area contributed by atoms with E-state index in [-0.39, 0.29) is 12.4 Å². The molecule has 0 saturated carbocycles. The normalized spacial score (nSPS) is 11.1. The second kappa shape index (κ2) is 7.85. The molecule has 3 nitrogen and oxygen atoms in total. The van der Waals surface area contributed by atoms with Crippen LogP contribution < -0.4 is 0 Å². The molecule has 0 aliphatic heterocycles. The van der Waals surface area contributed by atoms with Crippen LogP contribution in [-0.2, 0) is 4.74 Å². The Kier molecular flexibility index (Phi) is 5.81. The molecule has 108 valence electrons. The third-order valence-electron chi connectivity index (χ3n) is 3.41. The van der Waals surface area contributed by atoms with Gasteiger partial charge in [0.05, 0.1) is 5.56 Å². The van der Waals surface area contributed by atoms with Gasteiger partial charge in [0.1, 0.15) is 18.5 Å². The number of hydrogen-bond acceptors (Lipinski definition) is 3. The van der Waals surface area contributed by atoms with E-state index in [1.165, 1.54) is 31.9 Å². The first-order valence-electron chi connectivity index (χ1n) is 7.40. The molecule has 0 amide bonds. The van der Waals surface area contributed by atoms with Gasteiger partial charge in [0.15, 0.2) is 5.78 Å². The van der Waals surface area contributed by atoms with Crippen molar-refractivity contribution >= 4 is 16.8 Å². The van der Waals surface area contributed by atoms with Crippen molar-refractivity contribution < 1.29 is 13.9 Å². The Balaban J connectivity index is 1.75. The molecule has 2 aromatic rings. The summed E-state index contributed by atoms with van der Waals surface area (Å²) in [4.78, 5) is 12.1. The van der Waals surface area contributed by atoms with Crippen LogP contribution in [0.15, 0.2) is 34.9 Å². The number of hydrogen-bond donors (Lipinski definition) is 0. The minimum absolute atomic E-state index is 0.0106. The van der Waals surface area contributed by atoms with Crippen LogP contribution in [-0.4, -0.2) is 19.0 Å². The number of ether oxygens (including phenoxy) is 1. The number of ketones is 1. The van der Waals surface area contributed by atoms with Crippen molar-refractivity contribution in [3.63, 3.8) is 0 Å². The monoisotopic (exact) mass is 274 g/mol. The van der Waals surface area contributed by atoms with Gasteiger partial charge in [0.25, 0.3) is 0 Å². The summed E-state index contributed by atoms with van der Waals surface area (Å²) < 4.78 is 10.8. The SMILES string of the molecule is CCCCCCCOCC(=O)c1coc2ccccc12. The summed E-state index contributed by atoms with van der Waals surface area (Å²) in [5.41, 5.74) is 1.36. The predicted molar refractivity (Wildman–Crippen MR) is 80.1 cm³/mol. The molecule has 0 aliphatic carbocycles. The van der Waals surface area contributed by atoms with Crippen LogP contribution in [0.2, 0.25) is 0 Å². The van der Waals surface area contributed by atoms with Gasteiger partial charge >= 0.3 is 0 Å². The van der Waals surface area contributed by atoms with E-state index in [0.29, 0.717) is 12.2 Å². The number of unbranched alkanes of at least 4 members (excludes halogenated alkanes) is 4. The molecule has 0 saturated heterocycles.